The number of allylic oxidation sites excluding steroid dienone is 3. The number of carbonyl (C=O) groups is 2. The molecule has 8 heteroatoms. The number of carbonyl (C=O) groups excluding carboxylic acids is 2. The number of hydrogen-bond acceptors (Lipinski definition) is 6. The maximum absolute atomic E-state index is 12.5. The van der Waals surface area contributed by atoms with Crippen molar-refractivity contribution in [2.75, 3.05) is 13.1 Å². The number of benzene rings is 1. The molecule has 6 nitrogen and oxygen atoms in total. The van der Waals surface area contributed by atoms with Crippen LogP contribution in [0.15, 0.2) is 69.3 Å². The van der Waals surface area contributed by atoms with Crippen molar-refractivity contribution in [3.05, 3.63) is 76.2 Å². The molecule has 2 aromatic rings. The molecule has 1 aromatic carbocycles. The molecule has 2 aliphatic rings. The SMILES string of the molecule is CCC1=C(C)N(CCNC(=O)c2ccc(-c3ccc(C=C4SC(=S)NC4=O)o3)cc2)C=CC1. The first-order chi connectivity index (χ1) is 15.9. The van der Waals surface area contributed by atoms with E-state index in [1.54, 1.807) is 24.3 Å². The lowest BCUT2D eigenvalue weighted by Gasteiger charge is -2.27. The Morgan fingerprint density at radius 1 is 1.27 bits per heavy atom. The first-order valence-corrected chi connectivity index (χ1v) is 12.0. The van der Waals surface area contributed by atoms with Crippen LogP contribution in [0.5, 0.6) is 0 Å². The van der Waals surface area contributed by atoms with Gasteiger partial charge in [-0.15, -0.1) is 0 Å². The van der Waals surface area contributed by atoms with Crippen LogP contribution >= 0.6 is 24.0 Å². The number of amides is 2. The molecule has 0 saturated carbocycles. The van der Waals surface area contributed by atoms with Crippen LogP contribution < -0.4 is 10.6 Å². The lowest BCUT2D eigenvalue weighted by Crippen LogP contribution is -2.32. The Morgan fingerprint density at radius 3 is 2.76 bits per heavy atom. The van der Waals surface area contributed by atoms with Gasteiger partial charge in [0.05, 0.1) is 4.91 Å². The van der Waals surface area contributed by atoms with E-state index in [9.17, 15) is 9.59 Å². The first-order valence-electron chi connectivity index (χ1n) is 10.8. The number of hydrogen-bond donors (Lipinski definition) is 2. The van der Waals surface area contributed by atoms with E-state index in [4.69, 9.17) is 16.6 Å². The summed E-state index contributed by atoms with van der Waals surface area (Å²) in [5.41, 5.74) is 4.16. The van der Waals surface area contributed by atoms with Gasteiger partial charge in [0.15, 0.2) is 0 Å². The fraction of sp³-hybridized carbons (Fsp3) is 0.240. The third kappa shape index (κ3) is 5.46. The smallest absolute Gasteiger partial charge is 0.263 e. The molecule has 0 aliphatic carbocycles. The highest BCUT2D eigenvalue weighted by Gasteiger charge is 2.22. The average molecular weight is 480 g/mol. The molecule has 4 rings (SSSR count). The van der Waals surface area contributed by atoms with E-state index in [1.165, 1.54) is 23.0 Å². The van der Waals surface area contributed by atoms with Crippen molar-refractivity contribution >= 4 is 46.2 Å². The summed E-state index contributed by atoms with van der Waals surface area (Å²) in [6.07, 6.45) is 7.98. The van der Waals surface area contributed by atoms with Crippen molar-refractivity contribution in [1.29, 1.82) is 0 Å². The molecule has 0 spiro atoms. The molecule has 2 N–H and O–H groups in total. The molecule has 1 fully saturated rings. The summed E-state index contributed by atoms with van der Waals surface area (Å²) >= 11 is 6.21. The van der Waals surface area contributed by atoms with Crippen LogP contribution in [0.4, 0.5) is 0 Å². The molecule has 3 heterocycles. The second-order valence-corrected chi connectivity index (χ2v) is 9.43. The normalized spacial score (nSPS) is 17.2. The van der Waals surface area contributed by atoms with Crippen LogP contribution in [0.1, 0.15) is 42.8 Å². The van der Waals surface area contributed by atoms with E-state index in [1.807, 2.05) is 18.2 Å². The number of furan rings is 1. The Kier molecular flexibility index (Phi) is 7.15. The topological polar surface area (TPSA) is 74.6 Å². The summed E-state index contributed by atoms with van der Waals surface area (Å²) in [5, 5.41) is 5.57. The summed E-state index contributed by atoms with van der Waals surface area (Å²) in [7, 11) is 0. The van der Waals surface area contributed by atoms with Crippen LogP contribution in [0.3, 0.4) is 0 Å². The van der Waals surface area contributed by atoms with E-state index < -0.39 is 0 Å². The van der Waals surface area contributed by atoms with Gasteiger partial charge < -0.3 is 20.0 Å². The molecular weight excluding hydrogens is 454 g/mol. The summed E-state index contributed by atoms with van der Waals surface area (Å²) in [5.74, 6) is 0.902. The number of thioether (sulfide) groups is 1. The van der Waals surface area contributed by atoms with E-state index in [-0.39, 0.29) is 11.8 Å². The molecule has 33 heavy (non-hydrogen) atoms. The van der Waals surface area contributed by atoms with Crippen LogP contribution in [-0.4, -0.2) is 34.1 Å². The van der Waals surface area contributed by atoms with Gasteiger partial charge in [0.25, 0.3) is 11.8 Å². The third-order valence-electron chi connectivity index (χ3n) is 5.63. The Balaban J connectivity index is 1.34. The van der Waals surface area contributed by atoms with Crippen LogP contribution in [0.25, 0.3) is 17.4 Å². The van der Waals surface area contributed by atoms with Gasteiger partial charge in [0.2, 0.25) is 0 Å². The minimum atomic E-state index is -0.216. The summed E-state index contributed by atoms with van der Waals surface area (Å²) in [4.78, 5) is 27.0. The summed E-state index contributed by atoms with van der Waals surface area (Å²) < 4.78 is 6.29. The van der Waals surface area contributed by atoms with Crippen molar-refractivity contribution in [2.24, 2.45) is 0 Å². The molecule has 2 aliphatic heterocycles. The highest BCUT2D eigenvalue weighted by atomic mass is 32.2. The van der Waals surface area contributed by atoms with Gasteiger partial charge in [0, 0.05) is 42.2 Å². The molecule has 0 bridgehead atoms. The molecule has 0 atom stereocenters. The number of thiocarbonyl (C=S) groups is 1. The van der Waals surface area contributed by atoms with Gasteiger partial charge in [-0.2, -0.15) is 0 Å². The number of rotatable bonds is 7. The quantitative estimate of drug-likeness (QED) is 0.427. The van der Waals surface area contributed by atoms with E-state index >= 15 is 0 Å². The van der Waals surface area contributed by atoms with Crippen LogP contribution in [-0.2, 0) is 4.79 Å². The first kappa shape index (κ1) is 23.1. The van der Waals surface area contributed by atoms with Crippen molar-refractivity contribution in [2.45, 2.75) is 26.7 Å². The standard InChI is InChI=1S/C25H25N3O3S2/c1-3-17-5-4-13-28(16(17)2)14-12-26-23(29)19-8-6-18(7-9-19)21-11-10-20(31-21)15-22-24(30)27-25(32)33-22/h4,6-11,13,15H,3,5,12,14H2,1-2H3,(H,26,29)(H,27,30,32). The van der Waals surface area contributed by atoms with Gasteiger partial charge in [-0.3, -0.25) is 9.59 Å². The second kappa shape index (κ2) is 10.2. The maximum Gasteiger partial charge on any atom is 0.263 e. The Morgan fingerprint density at radius 2 is 2.06 bits per heavy atom. The molecular formula is C25H25N3O3S2. The van der Waals surface area contributed by atoms with Gasteiger partial charge in [0.1, 0.15) is 15.8 Å². The highest BCUT2D eigenvalue weighted by Crippen LogP contribution is 2.29. The Hall–Kier alpha value is -3.10. The molecule has 1 saturated heterocycles. The second-order valence-electron chi connectivity index (χ2n) is 7.71. The number of nitrogens with zero attached hydrogens (tertiary/aromatic N) is 1. The van der Waals surface area contributed by atoms with E-state index in [0.29, 0.717) is 32.9 Å². The molecule has 170 valence electrons. The molecule has 1 aromatic heterocycles. The third-order valence-corrected chi connectivity index (χ3v) is 6.79. The largest absolute Gasteiger partial charge is 0.457 e. The monoisotopic (exact) mass is 479 g/mol. The maximum atomic E-state index is 12.5. The van der Waals surface area contributed by atoms with Gasteiger partial charge in [-0.1, -0.05) is 49.1 Å². The highest BCUT2D eigenvalue weighted by molar-refractivity contribution is 8.26. The summed E-state index contributed by atoms with van der Waals surface area (Å²) in [6.45, 7) is 5.60. The van der Waals surface area contributed by atoms with Crippen molar-refractivity contribution in [3.63, 3.8) is 0 Å². The predicted molar refractivity (Wildman–Crippen MR) is 136 cm³/mol. The van der Waals surface area contributed by atoms with Gasteiger partial charge >= 0.3 is 0 Å². The lowest BCUT2D eigenvalue weighted by molar-refractivity contribution is -0.115. The van der Waals surface area contributed by atoms with Crippen LogP contribution in [0, 0.1) is 0 Å². The summed E-state index contributed by atoms with van der Waals surface area (Å²) in [6, 6.07) is 10.9. The zero-order chi connectivity index (χ0) is 23.4. The minimum Gasteiger partial charge on any atom is -0.457 e. The fourth-order valence-corrected chi connectivity index (χ4v) is 4.77. The molecule has 2 amide bonds. The van der Waals surface area contributed by atoms with E-state index in [2.05, 4.69) is 41.7 Å². The number of nitrogens with one attached hydrogen (secondary N) is 2. The predicted octanol–water partition coefficient (Wildman–Crippen LogP) is 5.07. The average Bonchev–Trinajstić information content (AvgIpc) is 3.40. The zero-order valence-corrected chi connectivity index (χ0v) is 20.1. The lowest BCUT2D eigenvalue weighted by atomic mass is 10.0. The van der Waals surface area contributed by atoms with E-state index in [0.717, 1.165) is 24.9 Å². The minimum absolute atomic E-state index is 0.106. The van der Waals surface area contributed by atoms with Crippen molar-refractivity contribution in [1.82, 2.24) is 15.5 Å². The van der Waals surface area contributed by atoms with Crippen LogP contribution in [0.2, 0.25) is 0 Å². The van der Waals surface area contributed by atoms with Crippen molar-refractivity contribution < 1.29 is 14.0 Å². The Labute approximate surface area is 202 Å². The zero-order valence-electron chi connectivity index (χ0n) is 18.5. The Bertz CT molecular complexity index is 1180. The van der Waals surface area contributed by atoms with Crippen molar-refractivity contribution in [3.8, 4) is 11.3 Å². The molecule has 0 unspecified atom stereocenters. The molecule has 0 radical (unpaired) electrons. The fourth-order valence-electron chi connectivity index (χ4n) is 3.74. The van der Waals surface area contributed by atoms with Gasteiger partial charge in [-0.25, -0.2) is 0 Å². The van der Waals surface area contributed by atoms with Gasteiger partial charge in [-0.05, 0) is 49.6 Å².